The molecule has 4 aromatic heterocycles. The summed E-state index contributed by atoms with van der Waals surface area (Å²) in [5, 5.41) is 11.3. The molecule has 0 N–H and O–H groups in total. The molecule has 6 heteroatoms. The Kier molecular flexibility index (Phi) is 6.82. The number of aromatic nitrogens is 4. The number of nitrogens with zero attached hydrogens (tertiary/aromatic N) is 4. The normalized spacial score (nSPS) is 12.1. The molecule has 0 aliphatic heterocycles. The number of hydrogen-bond donors (Lipinski definition) is 0. The summed E-state index contributed by atoms with van der Waals surface area (Å²) < 4.78 is 11.9. The molecule has 0 aliphatic carbocycles. The minimum Gasteiger partial charge on any atom is -0.454 e. The Morgan fingerprint density at radius 3 is 1.88 bits per heavy atom. The van der Waals surface area contributed by atoms with E-state index < -0.39 is 0 Å². The van der Waals surface area contributed by atoms with E-state index in [1.165, 1.54) is 41.7 Å². The van der Waals surface area contributed by atoms with Gasteiger partial charge in [0.15, 0.2) is 23.1 Å². The van der Waals surface area contributed by atoms with Crippen molar-refractivity contribution >= 4 is 96.8 Å². The highest BCUT2D eigenvalue weighted by Gasteiger charge is 2.27. The second-order valence-corrected chi connectivity index (χ2v) is 16.2. The summed E-state index contributed by atoms with van der Waals surface area (Å²) in [6, 6.07) is 64.2. The van der Waals surface area contributed by atoms with E-state index in [-0.39, 0.29) is 0 Å². The van der Waals surface area contributed by atoms with E-state index in [1.807, 2.05) is 24.3 Å². The van der Waals surface area contributed by atoms with Crippen molar-refractivity contribution in [1.82, 2.24) is 19.5 Å². The smallest absolute Gasteiger partial charge is 0.165 e. The maximum atomic E-state index is 7.08. The number of hydrogen-bond acceptors (Lipinski definition) is 5. The van der Waals surface area contributed by atoms with Gasteiger partial charge in [0.05, 0.1) is 16.7 Å². The topological polar surface area (TPSA) is 56.7 Å². The Morgan fingerprint density at radius 2 is 1.03 bits per heavy atom. The van der Waals surface area contributed by atoms with E-state index >= 15 is 0 Å². The highest BCUT2D eigenvalue weighted by molar-refractivity contribution is 7.25. The number of para-hydroxylation sites is 2. The molecule has 0 spiro atoms. The van der Waals surface area contributed by atoms with Crippen LogP contribution in [0.5, 0.6) is 0 Å². The molecule has 0 radical (unpaired) electrons. The fourth-order valence-corrected chi connectivity index (χ4v) is 10.3. The van der Waals surface area contributed by atoms with Crippen molar-refractivity contribution in [3.05, 3.63) is 182 Å². The summed E-state index contributed by atoms with van der Waals surface area (Å²) in [6.45, 7) is 0. The van der Waals surface area contributed by atoms with Crippen LogP contribution in [0.4, 0.5) is 0 Å². The first-order valence-corrected chi connectivity index (χ1v) is 20.6. The van der Waals surface area contributed by atoms with Gasteiger partial charge < -0.3 is 8.98 Å². The average Bonchev–Trinajstić information content (AvgIpc) is 3.97. The standard InChI is InChI=1S/C53H30N4OS/c1-2-14-31(15-3-1)51-54-52(34-26-27-37-36-19-10-13-25-45(36)59-46(37)30-34)56-53(55-51)48-38-20-6-7-21-39(38)49(50-47(48)40-22-9-12-24-44(40)58-50)57-42-23-11-8-18-35(42)41-28-32-16-4-5-17-33(32)29-43(41)57/h1-30H. The first-order chi connectivity index (χ1) is 29.2. The van der Waals surface area contributed by atoms with Crippen molar-refractivity contribution in [2.75, 3.05) is 0 Å². The van der Waals surface area contributed by atoms with E-state index in [4.69, 9.17) is 19.4 Å². The van der Waals surface area contributed by atoms with Gasteiger partial charge in [-0.15, -0.1) is 11.3 Å². The fourth-order valence-electron chi connectivity index (χ4n) is 9.17. The minimum atomic E-state index is 0.595. The zero-order valence-electron chi connectivity index (χ0n) is 31.4. The highest BCUT2D eigenvalue weighted by atomic mass is 32.1. The predicted molar refractivity (Wildman–Crippen MR) is 246 cm³/mol. The molecule has 0 bridgehead atoms. The number of rotatable bonds is 4. The lowest BCUT2D eigenvalue weighted by Crippen LogP contribution is -2.02. The molecule has 0 aliphatic rings. The van der Waals surface area contributed by atoms with Gasteiger partial charge in [-0.05, 0) is 52.6 Å². The molecule has 0 saturated carbocycles. The summed E-state index contributed by atoms with van der Waals surface area (Å²) in [6.07, 6.45) is 0. The van der Waals surface area contributed by atoms with Gasteiger partial charge in [0.25, 0.3) is 0 Å². The van der Waals surface area contributed by atoms with Crippen molar-refractivity contribution in [3.8, 4) is 39.9 Å². The van der Waals surface area contributed by atoms with Gasteiger partial charge in [-0.3, -0.25) is 0 Å². The van der Waals surface area contributed by atoms with E-state index in [9.17, 15) is 0 Å². The van der Waals surface area contributed by atoms with Crippen LogP contribution in [0.15, 0.2) is 186 Å². The highest BCUT2D eigenvalue weighted by Crippen LogP contribution is 2.48. The van der Waals surface area contributed by atoms with Crippen LogP contribution < -0.4 is 0 Å². The molecule has 13 aromatic rings. The largest absolute Gasteiger partial charge is 0.454 e. The molecule has 0 fully saturated rings. The molecular formula is C53H30N4OS. The van der Waals surface area contributed by atoms with Crippen LogP contribution >= 0.6 is 11.3 Å². The quantitative estimate of drug-likeness (QED) is 0.179. The summed E-state index contributed by atoms with van der Waals surface area (Å²) in [5.74, 6) is 1.83. The third kappa shape index (κ3) is 4.81. The molecule has 0 unspecified atom stereocenters. The van der Waals surface area contributed by atoms with E-state index in [0.717, 1.165) is 66.1 Å². The molecule has 0 amide bonds. The summed E-state index contributed by atoms with van der Waals surface area (Å²) in [7, 11) is 0. The molecule has 0 saturated heterocycles. The fraction of sp³-hybridized carbons (Fsp3) is 0. The van der Waals surface area contributed by atoms with Gasteiger partial charge in [0.2, 0.25) is 0 Å². The molecule has 9 aromatic carbocycles. The first-order valence-electron chi connectivity index (χ1n) is 19.8. The maximum absolute atomic E-state index is 7.08. The minimum absolute atomic E-state index is 0.595. The van der Waals surface area contributed by atoms with E-state index in [0.29, 0.717) is 17.5 Å². The molecule has 5 nitrogen and oxygen atoms in total. The van der Waals surface area contributed by atoms with Crippen molar-refractivity contribution in [3.63, 3.8) is 0 Å². The first kappa shape index (κ1) is 32.4. The van der Waals surface area contributed by atoms with Crippen LogP contribution in [0.1, 0.15) is 0 Å². The second-order valence-electron chi connectivity index (χ2n) is 15.1. The van der Waals surface area contributed by atoms with Gasteiger partial charge in [0, 0.05) is 63.8 Å². The monoisotopic (exact) mass is 770 g/mol. The van der Waals surface area contributed by atoms with E-state index in [2.05, 4.69) is 162 Å². The van der Waals surface area contributed by atoms with Crippen molar-refractivity contribution in [1.29, 1.82) is 0 Å². The van der Waals surface area contributed by atoms with Gasteiger partial charge >= 0.3 is 0 Å². The Labute approximate surface area is 341 Å². The Bertz CT molecular complexity index is 3860. The van der Waals surface area contributed by atoms with Crippen LogP contribution in [0.3, 0.4) is 0 Å². The molecule has 59 heavy (non-hydrogen) atoms. The summed E-state index contributed by atoms with van der Waals surface area (Å²) >= 11 is 1.79. The number of benzene rings is 9. The second kappa shape index (κ2) is 12.4. The number of fused-ring (bicyclic) bond motifs is 11. The summed E-state index contributed by atoms with van der Waals surface area (Å²) in [5.41, 5.74) is 7.59. The Hall–Kier alpha value is -7.67. The molecule has 0 atom stereocenters. The molecular weight excluding hydrogens is 741 g/mol. The van der Waals surface area contributed by atoms with Crippen molar-refractivity contribution in [2.24, 2.45) is 0 Å². The van der Waals surface area contributed by atoms with Crippen LogP contribution in [0.2, 0.25) is 0 Å². The summed E-state index contributed by atoms with van der Waals surface area (Å²) in [4.78, 5) is 15.9. The lowest BCUT2D eigenvalue weighted by molar-refractivity contribution is 0.667. The number of furan rings is 1. The van der Waals surface area contributed by atoms with Gasteiger partial charge in [-0.1, -0.05) is 146 Å². The zero-order chi connectivity index (χ0) is 38.6. The van der Waals surface area contributed by atoms with Crippen molar-refractivity contribution < 1.29 is 4.42 Å². The van der Waals surface area contributed by atoms with Crippen LogP contribution in [0, 0.1) is 0 Å². The molecule has 4 heterocycles. The maximum Gasteiger partial charge on any atom is 0.165 e. The Balaban J connectivity index is 1.16. The van der Waals surface area contributed by atoms with Gasteiger partial charge in [0.1, 0.15) is 5.58 Å². The number of thiophene rings is 1. The van der Waals surface area contributed by atoms with Crippen molar-refractivity contribution in [2.45, 2.75) is 0 Å². The zero-order valence-corrected chi connectivity index (χ0v) is 32.2. The predicted octanol–water partition coefficient (Wildman–Crippen LogP) is 14.5. The molecule has 13 rings (SSSR count). The molecule has 274 valence electrons. The Morgan fingerprint density at radius 1 is 0.407 bits per heavy atom. The SMILES string of the molecule is c1ccc(-c2nc(-c3ccc4c(c3)sc3ccccc34)nc(-c3c4ccccc4c(-n4c5ccccc5c5cc6ccccc6cc54)c4oc5ccccc5c34)n2)cc1. The average molecular weight is 771 g/mol. The van der Waals surface area contributed by atoms with Gasteiger partial charge in [-0.25, -0.2) is 15.0 Å². The van der Waals surface area contributed by atoms with Crippen LogP contribution in [0.25, 0.3) is 125 Å². The lowest BCUT2D eigenvalue weighted by Gasteiger charge is -2.17. The third-order valence-corrected chi connectivity index (χ3v) is 12.9. The third-order valence-electron chi connectivity index (χ3n) is 11.8. The van der Waals surface area contributed by atoms with Gasteiger partial charge in [-0.2, -0.15) is 0 Å². The van der Waals surface area contributed by atoms with E-state index in [1.54, 1.807) is 11.3 Å². The van der Waals surface area contributed by atoms with Crippen LogP contribution in [-0.2, 0) is 0 Å². The lowest BCUT2D eigenvalue weighted by atomic mass is 9.95. The van der Waals surface area contributed by atoms with Crippen LogP contribution in [-0.4, -0.2) is 19.5 Å².